The van der Waals surface area contributed by atoms with E-state index in [1.165, 1.54) is 24.3 Å². The van der Waals surface area contributed by atoms with E-state index in [0.717, 1.165) is 12.1 Å². The Morgan fingerprint density at radius 3 is 2.40 bits per heavy atom. The van der Waals surface area contributed by atoms with Crippen LogP contribution in [0.5, 0.6) is 0 Å². The molecule has 0 aliphatic carbocycles. The molecular formula is C32H37ClF2N4O5Si. The summed E-state index contributed by atoms with van der Waals surface area (Å²) in [5.74, 6) is -2.77. The van der Waals surface area contributed by atoms with Crippen LogP contribution in [-0.2, 0) is 22.6 Å². The monoisotopic (exact) mass is 658 g/mol. The van der Waals surface area contributed by atoms with Crippen molar-refractivity contribution in [2.24, 2.45) is 0 Å². The maximum atomic E-state index is 14.2. The number of rotatable bonds is 11. The Bertz CT molecular complexity index is 1700. The van der Waals surface area contributed by atoms with Gasteiger partial charge in [-0.1, -0.05) is 37.3 Å². The van der Waals surface area contributed by atoms with Crippen LogP contribution in [-0.4, -0.2) is 52.2 Å². The number of halogens is 3. The molecule has 4 aromatic rings. The van der Waals surface area contributed by atoms with Gasteiger partial charge in [0.1, 0.15) is 29.5 Å². The van der Waals surface area contributed by atoms with E-state index in [0.29, 0.717) is 34.5 Å². The smallest absolute Gasteiger partial charge is 0.408 e. The molecule has 240 valence electrons. The summed E-state index contributed by atoms with van der Waals surface area (Å²) in [4.78, 5) is 29.9. The van der Waals surface area contributed by atoms with E-state index >= 15 is 0 Å². The third-order valence-electron chi connectivity index (χ3n) is 6.76. The van der Waals surface area contributed by atoms with Gasteiger partial charge in [0.2, 0.25) is 0 Å². The molecule has 2 N–H and O–H groups in total. The second-order valence-electron chi connectivity index (χ2n) is 13.0. The summed E-state index contributed by atoms with van der Waals surface area (Å²) in [5, 5.41) is 17.1. The van der Waals surface area contributed by atoms with Crippen molar-refractivity contribution in [2.75, 3.05) is 6.61 Å². The number of amides is 1. The van der Waals surface area contributed by atoms with Gasteiger partial charge in [0.25, 0.3) is 0 Å². The zero-order valence-electron chi connectivity index (χ0n) is 26.1. The lowest BCUT2D eigenvalue weighted by Crippen LogP contribution is -2.36. The molecule has 45 heavy (non-hydrogen) atoms. The molecule has 0 aliphatic heterocycles. The molecule has 0 saturated heterocycles. The molecule has 0 fully saturated rings. The molecule has 1 amide bonds. The number of pyridine rings is 1. The first kappa shape index (κ1) is 34.0. The number of nitrogens with one attached hydrogen (secondary N) is 1. The summed E-state index contributed by atoms with van der Waals surface area (Å²) in [6, 6.07) is 9.41. The first-order valence-electron chi connectivity index (χ1n) is 14.4. The Hall–Kier alpha value is -3.87. The molecule has 0 saturated carbocycles. The van der Waals surface area contributed by atoms with Crippen molar-refractivity contribution in [1.82, 2.24) is 20.1 Å². The molecule has 0 aliphatic rings. The lowest BCUT2D eigenvalue weighted by molar-refractivity contribution is 0.0502. The SMILES string of the molecule is CC(C)(C)OC(=O)NC(Cc1cc(F)cc(F)c1)c1nc2cnn(COCC[Si](C)(C)C)c2cc1-c1ccc(Cl)c(C(=O)O)c1. The number of carboxylic acids is 1. The second kappa shape index (κ2) is 13.6. The van der Waals surface area contributed by atoms with E-state index in [1.807, 2.05) is 0 Å². The Morgan fingerprint density at radius 2 is 1.78 bits per heavy atom. The number of benzene rings is 2. The van der Waals surface area contributed by atoms with Crippen LogP contribution in [0, 0.1) is 11.6 Å². The van der Waals surface area contributed by atoms with E-state index in [9.17, 15) is 23.5 Å². The molecule has 1 atom stereocenters. The number of carboxylic acid groups (broad SMARTS) is 1. The van der Waals surface area contributed by atoms with E-state index in [-0.39, 0.29) is 29.3 Å². The molecule has 0 bridgehead atoms. The first-order valence-corrected chi connectivity index (χ1v) is 18.5. The van der Waals surface area contributed by atoms with Gasteiger partial charge in [-0.3, -0.25) is 0 Å². The number of hydrogen-bond donors (Lipinski definition) is 2. The normalized spacial score (nSPS) is 12.7. The number of nitrogens with zero attached hydrogens (tertiary/aromatic N) is 3. The number of aromatic nitrogens is 3. The van der Waals surface area contributed by atoms with E-state index < -0.39 is 43.4 Å². The minimum absolute atomic E-state index is 0.0429. The summed E-state index contributed by atoms with van der Waals surface area (Å²) in [5.41, 5.74) is 1.55. The van der Waals surface area contributed by atoms with Crippen LogP contribution in [0.1, 0.15) is 48.4 Å². The number of carbonyl (C=O) groups is 2. The predicted octanol–water partition coefficient (Wildman–Crippen LogP) is 7.85. The summed E-state index contributed by atoms with van der Waals surface area (Å²) in [6.45, 7) is 12.6. The molecule has 0 radical (unpaired) electrons. The maximum Gasteiger partial charge on any atom is 0.408 e. The molecular weight excluding hydrogens is 622 g/mol. The zero-order chi connectivity index (χ0) is 33.1. The van der Waals surface area contributed by atoms with Crippen molar-refractivity contribution in [3.8, 4) is 11.1 Å². The summed E-state index contributed by atoms with van der Waals surface area (Å²) >= 11 is 6.19. The van der Waals surface area contributed by atoms with E-state index in [2.05, 4.69) is 30.1 Å². The van der Waals surface area contributed by atoms with Gasteiger partial charge in [0.15, 0.2) is 0 Å². The third-order valence-corrected chi connectivity index (χ3v) is 8.79. The van der Waals surface area contributed by atoms with Gasteiger partial charge in [-0.05, 0) is 74.7 Å². The van der Waals surface area contributed by atoms with E-state index in [1.54, 1.807) is 43.8 Å². The van der Waals surface area contributed by atoms with Gasteiger partial charge in [0, 0.05) is 26.3 Å². The highest BCUT2D eigenvalue weighted by molar-refractivity contribution is 6.76. The number of ether oxygens (including phenoxy) is 2. The van der Waals surface area contributed by atoms with Crippen LogP contribution in [0.2, 0.25) is 30.7 Å². The van der Waals surface area contributed by atoms with Crippen LogP contribution in [0.4, 0.5) is 13.6 Å². The number of hydrogen-bond acceptors (Lipinski definition) is 6. The van der Waals surface area contributed by atoms with Gasteiger partial charge < -0.3 is 19.9 Å². The number of aromatic carboxylic acids is 1. The van der Waals surface area contributed by atoms with Gasteiger partial charge in [-0.25, -0.2) is 28.0 Å². The standard InChI is InChI=1S/C32H37ClF2N4O5Si/c1-32(2,3)44-31(42)38-26(13-19-11-21(34)15-22(35)12-19)29-23(20-7-8-25(33)24(14-20)30(40)41)16-28-27(37-29)17-36-39(28)18-43-9-10-45(4,5)6/h7-8,11-12,14-17,26H,9-10,13,18H2,1-6H3,(H,38,42)(H,40,41). The highest BCUT2D eigenvalue weighted by atomic mass is 35.5. The Balaban J connectivity index is 1.87. The minimum Gasteiger partial charge on any atom is -0.478 e. The van der Waals surface area contributed by atoms with Crippen molar-refractivity contribution < 1.29 is 33.0 Å². The van der Waals surface area contributed by atoms with Crippen LogP contribution in [0.3, 0.4) is 0 Å². The fourth-order valence-corrected chi connectivity index (χ4v) is 5.59. The fraction of sp³-hybridized carbons (Fsp3) is 0.375. The number of alkyl carbamates (subject to hydrolysis) is 1. The lowest BCUT2D eigenvalue weighted by Gasteiger charge is -2.25. The first-order chi connectivity index (χ1) is 21.0. The Morgan fingerprint density at radius 1 is 1.09 bits per heavy atom. The van der Waals surface area contributed by atoms with Crippen molar-refractivity contribution >= 4 is 42.8 Å². The Labute approximate surface area is 266 Å². The van der Waals surface area contributed by atoms with Gasteiger partial charge >= 0.3 is 12.1 Å². The minimum atomic E-state index is -1.31. The summed E-state index contributed by atoms with van der Waals surface area (Å²) < 4.78 is 41.5. The van der Waals surface area contributed by atoms with Gasteiger partial charge in [-0.2, -0.15) is 5.10 Å². The fourth-order valence-electron chi connectivity index (χ4n) is 4.64. The predicted molar refractivity (Wildman–Crippen MR) is 171 cm³/mol. The van der Waals surface area contributed by atoms with Crippen molar-refractivity contribution in [2.45, 2.75) is 71.3 Å². The highest BCUT2D eigenvalue weighted by Crippen LogP contribution is 2.34. The van der Waals surface area contributed by atoms with Crippen molar-refractivity contribution in [3.05, 3.63) is 82.1 Å². The maximum absolute atomic E-state index is 14.2. The van der Waals surface area contributed by atoms with Gasteiger partial charge in [-0.15, -0.1) is 0 Å². The van der Waals surface area contributed by atoms with Gasteiger partial charge in [0.05, 0.1) is 34.0 Å². The average Bonchev–Trinajstić information content (AvgIpc) is 3.30. The van der Waals surface area contributed by atoms with Crippen molar-refractivity contribution in [3.63, 3.8) is 0 Å². The Kier molecular flexibility index (Phi) is 10.3. The second-order valence-corrected chi connectivity index (χ2v) is 19.0. The molecule has 2 heterocycles. The van der Waals surface area contributed by atoms with Crippen LogP contribution in [0.25, 0.3) is 22.2 Å². The number of carbonyl (C=O) groups excluding carboxylic acids is 1. The molecule has 1 unspecified atom stereocenters. The molecule has 2 aromatic carbocycles. The lowest BCUT2D eigenvalue weighted by atomic mass is 9.94. The zero-order valence-corrected chi connectivity index (χ0v) is 27.8. The van der Waals surface area contributed by atoms with Crippen LogP contribution in [0.15, 0.2) is 48.7 Å². The quantitative estimate of drug-likeness (QED) is 0.125. The average molecular weight is 659 g/mol. The third kappa shape index (κ3) is 9.32. The highest BCUT2D eigenvalue weighted by Gasteiger charge is 2.27. The van der Waals surface area contributed by atoms with Crippen LogP contribution < -0.4 is 5.32 Å². The van der Waals surface area contributed by atoms with Crippen molar-refractivity contribution in [1.29, 1.82) is 0 Å². The molecule has 0 spiro atoms. The largest absolute Gasteiger partial charge is 0.478 e. The number of fused-ring (bicyclic) bond motifs is 1. The molecule has 4 rings (SSSR count). The molecule has 9 nitrogen and oxygen atoms in total. The molecule has 2 aromatic heterocycles. The topological polar surface area (TPSA) is 116 Å². The summed E-state index contributed by atoms with van der Waals surface area (Å²) in [7, 11) is -1.31. The van der Waals surface area contributed by atoms with E-state index in [4.69, 9.17) is 26.1 Å². The summed E-state index contributed by atoms with van der Waals surface area (Å²) in [6.07, 6.45) is 0.722. The van der Waals surface area contributed by atoms with Crippen LogP contribution >= 0.6 is 11.6 Å². The molecule has 13 heteroatoms.